The molecule has 0 bridgehead atoms. The molecule has 0 unspecified atom stereocenters. The molecule has 1 amide bonds. The molecule has 3 N–H and O–H groups in total. The van der Waals surface area contributed by atoms with E-state index in [1.165, 1.54) is 9.47 Å². The van der Waals surface area contributed by atoms with Crippen molar-refractivity contribution < 1.29 is 9.53 Å². The maximum Gasteiger partial charge on any atom is 0.330 e. The largest absolute Gasteiger partial charge is 0.385 e. The third-order valence-electron chi connectivity index (χ3n) is 5.00. The Bertz CT molecular complexity index is 1190. The van der Waals surface area contributed by atoms with Crippen molar-refractivity contribution in [2.45, 2.75) is 19.4 Å². The maximum absolute atomic E-state index is 13.2. The third kappa shape index (κ3) is 5.46. The van der Waals surface area contributed by atoms with Crippen LogP contribution in [0.1, 0.15) is 17.5 Å². The van der Waals surface area contributed by atoms with Gasteiger partial charge < -0.3 is 15.4 Å². The molecular weight excluding hydrogens is 432 g/mol. The summed E-state index contributed by atoms with van der Waals surface area (Å²) in [5.74, 6) is -0.441. The molecule has 0 atom stereocenters. The number of anilines is 2. The summed E-state index contributed by atoms with van der Waals surface area (Å²) in [7, 11) is 1.55. The number of hydrogen-bond acceptors (Lipinski definition) is 5. The summed E-state index contributed by atoms with van der Waals surface area (Å²) in [6.45, 7) is 0.727. The summed E-state index contributed by atoms with van der Waals surface area (Å²) in [6, 6.07) is 16.2. The SMILES string of the molecule is COCCCN(C(=O)Cc1ccccc1Cl)c1c(N)n(Cc2ccccc2)c(=O)[nH]c1=O. The number of nitrogens with one attached hydrogen (secondary N) is 1. The number of H-pyrrole nitrogens is 1. The second kappa shape index (κ2) is 10.8. The van der Waals surface area contributed by atoms with E-state index >= 15 is 0 Å². The van der Waals surface area contributed by atoms with Crippen molar-refractivity contribution in [1.29, 1.82) is 0 Å². The molecule has 0 radical (unpaired) electrons. The molecule has 0 aliphatic rings. The van der Waals surface area contributed by atoms with Gasteiger partial charge in [0.15, 0.2) is 5.69 Å². The normalized spacial score (nSPS) is 10.8. The highest BCUT2D eigenvalue weighted by Crippen LogP contribution is 2.22. The predicted molar refractivity (Wildman–Crippen MR) is 125 cm³/mol. The van der Waals surface area contributed by atoms with Crippen LogP contribution >= 0.6 is 11.6 Å². The molecule has 0 saturated heterocycles. The van der Waals surface area contributed by atoms with Crippen LogP contribution in [0.2, 0.25) is 5.02 Å². The highest BCUT2D eigenvalue weighted by molar-refractivity contribution is 6.31. The van der Waals surface area contributed by atoms with Gasteiger partial charge in [0.25, 0.3) is 5.56 Å². The van der Waals surface area contributed by atoms with Crippen LogP contribution in [-0.2, 0) is 22.5 Å². The second-order valence-corrected chi connectivity index (χ2v) is 7.63. The zero-order valence-corrected chi connectivity index (χ0v) is 18.5. The number of aromatic amines is 1. The number of ether oxygens (including phenoxy) is 1. The van der Waals surface area contributed by atoms with E-state index in [0.717, 1.165) is 5.56 Å². The van der Waals surface area contributed by atoms with Crippen molar-refractivity contribution in [3.63, 3.8) is 0 Å². The summed E-state index contributed by atoms with van der Waals surface area (Å²) in [6.07, 6.45) is 0.449. The Kier molecular flexibility index (Phi) is 7.86. The van der Waals surface area contributed by atoms with Gasteiger partial charge >= 0.3 is 5.69 Å². The van der Waals surface area contributed by atoms with E-state index in [4.69, 9.17) is 22.1 Å². The molecule has 0 fully saturated rings. The zero-order chi connectivity index (χ0) is 23.1. The number of amides is 1. The lowest BCUT2D eigenvalue weighted by Crippen LogP contribution is -2.42. The number of benzene rings is 2. The Balaban J connectivity index is 2.02. The van der Waals surface area contributed by atoms with Crippen LogP contribution in [0.5, 0.6) is 0 Å². The number of carbonyl (C=O) groups excluding carboxylic acids is 1. The van der Waals surface area contributed by atoms with E-state index in [2.05, 4.69) is 4.98 Å². The third-order valence-corrected chi connectivity index (χ3v) is 5.37. The van der Waals surface area contributed by atoms with Gasteiger partial charge in [-0.15, -0.1) is 0 Å². The number of rotatable bonds is 9. The van der Waals surface area contributed by atoms with E-state index in [1.54, 1.807) is 31.4 Å². The zero-order valence-electron chi connectivity index (χ0n) is 17.7. The number of halogens is 1. The minimum absolute atomic E-state index is 0.0245. The van der Waals surface area contributed by atoms with Crippen molar-refractivity contribution in [3.05, 3.63) is 91.6 Å². The van der Waals surface area contributed by atoms with Crippen LogP contribution in [0, 0.1) is 0 Å². The number of hydrogen-bond donors (Lipinski definition) is 2. The molecule has 9 heteroatoms. The highest BCUT2D eigenvalue weighted by atomic mass is 35.5. The van der Waals surface area contributed by atoms with Crippen molar-refractivity contribution in [3.8, 4) is 0 Å². The first-order chi connectivity index (χ1) is 15.4. The highest BCUT2D eigenvalue weighted by Gasteiger charge is 2.24. The summed E-state index contributed by atoms with van der Waals surface area (Å²) < 4.78 is 6.34. The fourth-order valence-corrected chi connectivity index (χ4v) is 3.59. The topological polar surface area (TPSA) is 110 Å². The molecule has 1 aromatic heterocycles. The average Bonchev–Trinajstić information content (AvgIpc) is 2.77. The monoisotopic (exact) mass is 456 g/mol. The number of carbonyl (C=O) groups is 1. The van der Waals surface area contributed by atoms with E-state index < -0.39 is 11.2 Å². The lowest BCUT2D eigenvalue weighted by atomic mass is 10.1. The molecule has 0 aliphatic carbocycles. The maximum atomic E-state index is 13.2. The van der Waals surface area contributed by atoms with E-state index in [1.807, 2.05) is 30.3 Å². The second-order valence-electron chi connectivity index (χ2n) is 7.22. The molecule has 3 rings (SSSR count). The van der Waals surface area contributed by atoms with Crippen LogP contribution in [0.15, 0.2) is 64.2 Å². The van der Waals surface area contributed by atoms with Crippen LogP contribution in [-0.4, -0.2) is 35.7 Å². The number of nitrogens with two attached hydrogens (primary N) is 1. The first kappa shape index (κ1) is 23.3. The Morgan fingerprint density at radius 1 is 1.12 bits per heavy atom. The molecule has 0 aliphatic heterocycles. The average molecular weight is 457 g/mol. The van der Waals surface area contributed by atoms with Crippen molar-refractivity contribution in [2.75, 3.05) is 30.9 Å². The predicted octanol–water partition coefficient (Wildman–Crippen LogP) is 2.43. The van der Waals surface area contributed by atoms with Gasteiger partial charge in [-0.05, 0) is 23.6 Å². The lowest BCUT2D eigenvalue weighted by molar-refractivity contribution is -0.118. The van der Waals surface area contributed by atoms with Gasteiger partial charge in [-0.1, -0.05) is 60.1 Å². The molecule has 168 valence electrons. The molecule has 32 heavy (non-hydrogen) atoms. The number of methoxy groups -OCH3 is 1. The summed E-state index contributed by atoms with van der Waals surface area (Å²) in [5, 5.41) is 0.452. The smallest absolute Gasteiger partial charge is 0.330 e. The van der Waals surface area contributed by atoms with Crippen LogP contribution in [0.25, 0.3) is 0 Å². The number of aromatic nitrogens is 2. The Morgan fingerprint density at radius 3 is 2.50 bits per heavy atom. The molecular formula is C23H25ClN4O4. The molecule has 0 saturated carbocycles. The van der Waals surface area contributed by atoms with Crippen LogP contribution in [0.4, 0.5) is 11.5 Å². The number of nitrogen functional groups attached to an aromatic ring is 1. The van der Waals surface area contributed by atoms with Gasteiger partial charge in [0.05, 0.1) is 13.0 Å². The van der Waals surface area contributed by atoms with Crippen LogP contribution in [0.3, 0.4) is 0 Å². The van der Waals surface area contributed by atoms with E-state index in [9.17, 15) is 14.4 Å². The first-order valence-corrected chi connectivity index (χ1v) is 10.5. The van der Waals surface area contributed by atoms with E-state index in [-0.39, 0.29) is 36.9 Å². The summed E-state index contributed by atoms with van der Waals surface area (Å²) in [5.41, 5.74) is 6.32. The van der Waals surface area contributed by atoms with Crippen molar-refractivity contribution >= 4 is 29.0 Å². The van der Waals surface area contributed by atoms with E-state index in [0.29, 0.717) is 23.6 Å². The molecule has 0 spiro atoms. The molecule has 3 aromatic rings. The molecule has 1 heterocycles. The fourth-order valence-electron chi connectivity index (χ4n) is 3.39. The Morgan fingerprint density at radius 2 is 1.81 bits per heavy atom. The van der Waals surface area contributed by atoms with Gasteiger partial charge in [0, 0.05) is 25.3 Å². The van der Waals surface area contributed by atoms with Gasteiger partial charge in [-0.3, -0.25) is 19.1 Å². The van der Waals surface area contributed by atoms with Crippen LogP contribution < -0.4 is 21.9 Å². The van der Waals surface area contributed by atoms with Crippen molar-refractivity contribution in [2.24, 2.45) is 0 Å². The standard InChI is InChI=1S/C23H25ClN4O4/c1-32-13-7-12-27(19(29)14-17-10-5-6-11-18(17)24)20-21(25)28(23(31)26-22(20)30)15-16-8-3-2-4-9-16/h2-6,8-11H,7,12-15,25H2,1H3,(H,26,30,31). The van der Waals surface area contributed by atoms with Gasteiger partial charge in [-0.25, -0.2) is 4.79 Å². The lowest BCUT2D eigenvalue weighted by Gasteiger charge is -2.25. The summed E-state index contributed by atoms with van der Waals surface area (Å²) in [4.78, 5) is 42.1. The summed E-state index contributed by atoms with van der Waals surface area (Å²) >= 11 is 6.22. The first-order valence-electron chi connectivity index (χ1n) is 10.1. The minimum Gasteiger partial charge on any atom is -0.385 e. The Labute approximate surface area is 190 Å². The fraction of sp³-hybridized carbons (Fsp3) is 0.261. The van der Waals surface area contributed by atoms with Gasteiger partial charge in [0.1, 0.15) is 5.82 Å². The minimum atomic E-state index is -0.721. The van der Waals surface area contributed by atoms with Gasteiger partial charge in [-0.2, -0.15) is 0 Å². The van der Waals surface area contributed by atoms with Gasteiger partial charge in [0.2, 0.25) is 5.91 Å². The Hall–Kier alpha value is -3.36. The van der Waals surface area contributed by atoms with Crippen molar-refractivity contribution in [1.82, 2.24) is 9.55 Å². The number of nitrogens with zero attached hydrogens (tertiary/aromatic N) is 2. The quantitative estimate of drug-likeness (QED) is 0.480. The molecule has 8 nitrogen and oxygen atoms in total. The molecule has 2 aromatic carbocycles.